The van der Waals surface area contributed by atoms with Crippen molar-refractivity contribution >= 4 is 23.5 Å². The van der Waals surface area contributed by atoms with Crippen LogP contribution >= 0.6 is 11.8 Å². The minimum atomic E-state index is -0.445. The quantitative estimate of drug-likeness (QED) is 0.511. The summed E-state index contributed by atoms with van der Waals surface area (Å²) in [6.07, 6.45) is 0. The predicted molar refractivity (Wildman–Crippen MR) is 87.0 cm³/mol. The van der Waals surface area contributed by atoms with Crippen LogP contribution in [-0.4, -0.2) is 43.9 Å². The number of nitrogens with one attached hydrogen (secondary N) is 1. The lowest BCUT2D eigenvalue weighted by Crippen LogP contribution is -2.16. The number of Topliss-reactive ketones (excluding diaryl/α,β-unsaturated/α-hetero) is 1. The first-order valence-electron chi connectivity index (χ1n) is 7.12. The Labute approximate surface area is 138 Å². The third kappa shape index (κ3) is 3.17. The van der Waals surface area contributed by atoms with E-state index in [9.17, 15) is 9.59 Å². The number of thioether (sulfide) groups is 1. The molecule has 124 valence electrons. The van der Waals surface area contributed by atoms with Crippen LogP contribution in [0.3, 0.4) is 0 Å². The van der Waals surface area contributed by atoms with E-state index in [-0.39, 0.29) is 11.0 Å². The molecule has 23 heavy (non-hydrogen) atoms. The van der Waals surface area contributed by atoms with E-state index >= 15 is 0 Å². The monoisotopic (exact) mass is 336 g/mol. The molecule has 0 amide bonds. The van der Waals surface area contributed by atoms with Gasteiger partial charge in [-0.1, -0.05) is 11.8 Å². The van der Waals surface area contributed by atoms with Gasteiger partial charge in [-0.15, -0.1) is 10.2 Å². The van der Waals surface area contributed by atoms with Gasteiger partial charge in [-0.25, -0.2) is 4.79 Å². The summed E-state index contributed by atoms with van der Waals surface area (Å²) in [5.41, 5.74) is 2.09. The Morgan fingerprint density at radius 2 is 1.91 bits per heavy atom. The fourth-order valence-corrected chi connectivity index (χ4v) is 3.23. The number of hydrogen-bond acceptors (Lipinski definition) is 6. The number of aromatic nitrogens is 4. The Morgan fingerprint density at radius 1 is 1.26 bits per heavy atom. The number of ether oxygens (including phenoxy) is 1. The molecule has 0 aliphatic rings. The molecule has 0 aliphatic heterocycles. The fraction of sp³-hybridized carbons (Fsp3) is 0.467. The van der Waals surface area contributed by atoms with Crippen LogP contribution in [0.25, 0.3) is 0 Å². The molecule has 0 bridgehead atoms. The maximum absolute atomic E-state index is 12.7. The number of aryl methyl sites for hydroxylation is 2. The molecule has 0 spiro atoms. The highest BCUT2D eigenvalue weighted by molar-refractivity contribution is 8.00. The molecule has 0 fully saturated rings. The van der Waals surface area contributed by atoms with Crippen LogP contribution in [0.5, 0.6) is 0 Å². The fourth-order valence-electron chi connectivity index (χ4n) is 2.31. The summed E-state index contributed by atoms with van der Waals surface area (Å²) >= 11 is 1.34. The van der Waals surface area contributed by atoms with Gasteiger partial charge in [-0.2, -0.15) is 0 Å². The summed E-state index contributed by atoms with van der Waals surface area (Å²) < 4.78 is 6.60. The van der Waals surface area contributed by atoms with Gasteiger partial charge in [0, 0.05) is 12.7 Å². The van der Waals surface area contributed by atoms with E-state index in [1.54, 1.807) is 13.8 Å². The standard InChI is InChI=1S/C15H20N4O3S/c1-7-11(14(21)22-6)8(2)16-12(7)13(20)9(3)23-15-18-17-10(4)19(15)5/h9,16H,1-6H3. The van der Waals surface area contributed by atoms with Crippen molar-refractivity contribution in [2.45, 2.75) is 38.1 Å². The first-order chi connectivity index (χ1) is 10.8. The summed E-state index contributed by atoms with van der Waals surface area (Å²) in [7, 11) is 3.18. The molecule has 8 heteroatoms. The number of hydrogen-bond donors (Lipinski definition) is 1. The Morgan fingerprint density at radius 3 is 2.43 bits per heavy atom. The second kappa shape index (κ2) is 6.57. The molecule has 0 saturated heterocycles. The SMILES string of the molecule is COC(=O)c1c(C)[nH]c(C(=O)C(C)Sc2nnc(C)n2C)c1C. The number of H-pyrrole nitrogens is 1. The van der Waals surface area contributed by atoms with E-state index in [1.165, 1.54) is 18.9 Å². The van der Waals surface area contributed by atoms with Crippen LogP contribution in [0.4, 0.5) is 0 Å². The third-order valence-corrected chi connectivity index (χ3v) is 4.91. The second-order valence-corrected chi connectivity index (χ2v) is 6.64. The minimum Gasteiger partial charge on any atom is -0.465 e. The number of ketones is 1. The van der Waals surface area contributed by atoms with Gasteiger partial charge < -0.3 is 14.3 Å². The largest absolute Gasteiger partial charge is 0.465 e. The maximum atomic E-state index is 12.7. The molecule has 1 unspecified atom stereocenters. The summed E-state index contributed by atoms with van der Waals surface area (Å²) in [4.78, 5) is 27.5. The lowest BCUT2D eigenvalue weighted by molar-refractivity contribution is 0.0599. The van der Waals surface area contributed by atoms with Gasteiger partial charge in [-0.05, 0) is 33.3 Å². The first kappa shape index (κ1) is 17.3. The molecule has 2 aromatic rings. The van der Waals surface area contributed by atoms with Crippen molar-refractivity contribution in [1.82, 2.24) is 19.7 Å². The van der Waals surface area contributed by atoms with Crippen LogP contribution in [0.2, 0.25) is 0 Å². The lowest BCUT2D eigenvalue weighted by Gasteiger charge is -2.09. The van der Waals surface area contributed by atoms with Gasteiger partial charge in [0.15, 0.2) is 10.9 Å². The zero-order valence-corrected chi connectivity index (χ0v) is 14.9. The molecule has 0 saturated carbocycles. The van der Waals surface area contributed by atoms with Crippen molar-refractivity contribution in [2.24, 2.45) is 7.05 Å². The number of carbonyl (C=O) groups excluding carboxylic acids is 2. The minimum absolute atomic E-state index is 0.0913. The Bertz CT molecular complexity index is 763. The van der Waals surface area contributed by atoms with Gasteiger partial charge >= 0.3 is 5.97 Å². The Kier molecular flexibility index (Phi) is 4.93. The number of methoxy groups -OCH3 is 1. The molecule has 0 aliphatic carbocycles. The number of aromatic amines is 1. The average Bonchev–Trinajstić information content (AvgIpc) is 2.99. The van der Waals surface area contributed by atoms with Crippen LogP contribution in [0, 0.1) is 20.8 Å². The molecular formula is C15H20N4O3S. The molecular weight excluding hydrogens is 316 g/mol. The van der Waals surface area contributed by atoms with Gasteiger partial charge in [0.25, 0.3) is 0 Å². The smallest absolute Gasteiger partial charge is 0.339 e. The van der Waals surface area contributed by atoms with Crippen molar-refractivity contribution < 1.29 is 14.3 Å². The highest BCUT2D eigenvalue weighted by Crippen LogP contribution is 2.27. The Balaban J connectivity index is 2.26. The van der Waals surface area contributed by atoms with E-state index in [0.717, 1.165) is 5.82 Å². The maximum Gasteiger partial charge on any atom is 0.339 e. The molecule has 2 rings (SSSR count). The summed E-state index contributed by atoms with van der Waals surface area (Å²) in [6.45, 7) is 7.15. The van der Waals surface area contributed by atoms with Gasteiger partial charge in [0.1, 0.15) is 5.82 Å². The molecule has 0 aromatic carbocycles. The summed E-state index contributed by atoms with van der Waals surface area (Å²) in [6, 6.07) is 0. The lowest BCUT2D eigenvalue weighted by atomic mass is 10.1. The highest BCUT2D eigenvalue weighted by atomic mass is 32.2. The predicted octanol–water partition coefficient (Wildman–Crippen LogP) is 2.22. The summed E-state index contributed by atoms with van der Waals surface area (Å²) in [5, 5.41) is 8.36. The molecule has 2 aromatic heterocycles. The molecule has 7 nitrogen and oxygen atoms in total. The molecule has 1 atom stereocenters. The van der Waals surface area contributed by atoms with E-state index in [2.05, 4.69) is 15.2 Å². The van der Waals surface area contributed by atoms with Crippen molar-refractivity contribution in [2.75, 3.05) is 7.11 Å². The zero-order chi connectivity index (χ0) is 17.3. The van der Waals surface area contributed by atoms with E-state index in [1.807, 2.05) is 25.5 Å². The second-order valence-electron chi connectivity index (χ2n) is 5.33. The average molecular weight is 336 g/mol. The molecule has 1 N–H and O–H groups in total. The van der Waals surface area contributed by atoms with Crippen LogP contribution in [-0.2, 0) is 11.8 Å². The molecule has 2 heterocycles. The zero-order valence-electron chi connectivity index (χ0n) is 14.1. The number of carbonyl (C=O) groups is 2. The van der Waals surface area contributed by atoms with Crippen molar-refractivity contribution in [1.29, 1.82) is 0 Å². The number of rotatable bonds is 5. The van der Waals surface area contributed by atoms with E-state index in [4.69, 9.17) is 4.74 Å². The topological polar surface area (TPSA) is 89.9 Å². The van der Waals surface area contributed by atoms with Crippen molar-refractivity contribution in [3.8, 4) is 0 Å². The summed E-state index contributed by atoms with van der Waals surface area (Å²) in [5.74, 6) is 0.248. The van der Waals surface area contributed by atoms with Crippen LogP contribution < -0.4 is 0 Å². The number of nitrogens with zero attached hydrogens (tertiary/aromatic N) is 3. The van der Waals surface area contributed by atoms with Gasteiger partial charge in [0.05, 0.1) is 23.6 Å². The van der Waals surface area contributed by atoms with Crippen molar-refractivity contribution in [3.05, 3.63) is 28.3 Å². The van der Waals surface area contributed by atoms with Gasteiger partial charge in [0.2, 0.25) is 0 Å². The van der Waals surface area contributed by atoms with E-state index < -0.39 is 5.97 Å². The normalized spacial score (nSPS) is 12.3. The third-order valence-electron chi connectivity index (χ3n) is 3.78. The van der Waals surface area contributed by atoms with Crippen LogP contribution in [0.15, 0.2) is 5.16 Å². The highest BCUT2D eigenvalue weighted by Gasteiger charge is 2.26. The molecule has 0 radical (unpaired) electrons. The number of esters is 1. The Hall–Kier alpha value is -2.09. The van der Waals surface area contributed by atoms with Gasteiger partial charge in [-0.3, -0.25) is 4.79 Å². The first-order valence-corrected chi connectivity index (χ1v) is 8.00. The van der Waals surface area contributed by atoms with E-state index in [0.29, 0.717) is 27.7 Å². The van der Waals surface area contributed by atoms with Crippen molar-refractivity contribution in [3.63, 3.8) is 0 Å². The van der Waals surface area contributed by atoms with Crippen LogP contribution in [0.1, 0.15) is 44.9 Å².